The molecule has 2 unspecified atom stereocenters. The molecule has 0 aromatic carbocycles. The van der Waals surface area contributed by atoms with E-state index in [1.165, 1.54) is 0 Å². The third-order valence-electron chi connectivity index (χ3n) is 3.84. The number of piperazine rings is 1. The zero-order valence-corrected chi connectivity index (χ0v) is 12.1. The third-order valence-corrected chi connectivity index (χ3v) is 3.84. The van der Waals surface area contributed by atoms with Crippen molar-refractivity contribution in [2.75, 3.05) is 46.4 Å². The molecule has 0 spiro atoms. The first-order valence-corrected chi connectivity index (χ1v) is 7.12. The summed E-state index contributed by atoms with van der Waals surface area (Å²) in [6, 6.07) is -0.158. The van der Waals surface area contributed by atoms with Crippen molar-refractivity contribution in [1.82, 2.24) is 15.1 Å². The highest BCUT2D eigenvalue weighted by molar-refractivity contribution is 5.82. The molecule has 2 aliphatic rings. The molecule has 2 fully saturated rings. The number of carbonyl (C=O) groups excluding carboxylic acids is 2. The Labute approximate surface area is 119 Å². The van der Waals surface area contributed by atoms with E-state index in [1.807, 2.05) is 4.90 Å². The average Bonchev–Trinajstić information content (AvgIpc) is 2.96. The summed E-state index contributed by atoms with van der Waals surface area (Å²) < 4.78 is 10.2. The van der Waals surface area contributed by atoms with Crippen LogP contribution in [0.3, 0.4) is 0 Å². The molecule has 7 heteroatoms. The fourth-order valence-corrected chi connectivity index (χ4v) is 2.62. The van der Waals surface area contributed by atoms with Gasteiger partial charge in [0.1, 0.15) is 0 Å². The zero-order chi connectivity index (χ0) is 14.5. The smallest absolute Gasteiger partial charge is 0.409 e. The molecule has 0 aromatic rings. The Morgan fingerprint density at radius 2 is 1.85 bits per heavy atom. The van der Waals surface area contributed by atoms with Crippen LogP contribution >= 0.6 is 0 Å². The molecular formula is C13H23N3O4. The Kier molecular flexibility index (Phi) is 5.19. The van der Waals surface area contributed by atoms with Crippen LogP contribution in [0.15, 0.2) is 0 Å². The number of carbonyl (C=O) groups is 2. The topological polar surface area (TPSA) is 71.1 Å². The summed E-state index contributed by atoms with van der Waals surface area (Å²) in [4.78, 5) is 27.4. The van der Waals surface area contributed by atoms with E-state index in [4.69, 9.17) is 9.47 Å². The lowest BCUT2D eigenvalue weighted by Gasteiger charge is -2.35. The lowest BCUT2D eigenvalue weighted by molar-refractivity contribution is -0.134. The van der Waals surface area contributed by atoms with E-state index in [1.54, 1.807) is 18.9 Å². The van der Waals surface area contributed by atoms with E-state index >= 15 is 0 Å². The summed E-state index contributed by atoms with van der Waals surface area (Å²) >= 11 is 0. The molecule has 2 heterocycles. The first-order valence-electron chi connectivity index (χ1n) is 7.12. The Morgan fingerprint density at radius 1 is 1.20 bits per heavy atom. The molecule has 0 bridgehead atoms. The Bertz CT molecular complexity index is 356. The SMILES string of the molecule is CCOC(=O)N1CCN(C(=O)C2CC(OC)CN2)CC1. The number of ether oxygens (including phenoxy) is 2. The third kappa shape index (κ3) is 3.40. The molecule has 0 radical (unpaired) electrons. The monoisotopic (exact) mass is 285 g/mol. The second-order valence-electron chi connectivity index (χ2n) is 5.07. The molecule has 0 saturated carbocycles. The maximum Gasteiger partial charge on any atom is 0.409 e. The minimum atomic E-state index is -0.293. The van der Waals surface area contributed by atoms with Crippen LogP contribution < -0.4 is 5.32 Å². The maximum atomic E-state index is 12.3. The van der Waals surface area contributed by atoms with Crippen molar-refractivity contribution >= 4 is 12.0 Å². The van der Waals surface area contributed by atoms with Crippen molar-refractivity contribution < 1.29 is 19.1 Å². The molecule has 2 amide bonds. The fourth-order valence-electron chi connectivity index (χ4n) is 2.62. The number of rotatable bonds is 3. The summed E-state index contributed by atoms with van der Waals surface area (Å²) in [5.74, 6) is 0.105. The molecule has 2 rings (SSSR count). The minimum Gasteiger partial charge on any atom is -0.450 e. The normalized spacial score (nSPS) is 26.7. The van der Waals surface area contributed by atoms with Crippen LogP contribution in [-0.4, -0.2) is 80.4 Å². The fraction of sp³-hybridized carbons (Fsp3) is 0.846. The van der Waals surface area contributed by atoms with E-state index < -0.39 is 0 Å². The van der Waals surface area contributed by atoms with Gasteiger partial charge in [0.2, 0.25) is 5.91 Å². The van der Waals surface area contributed by atoms with Gasteiger partial charge >= 0.3 is 6.09 Å². The van der Waals surface area contributed by atoms with Crippen LogP contribution in [0.1, 0.15) is 13.3 Å². The lowest BCUT2D eigenvalue weighted by atomic mass is 10.1. The number of methoxy groups -OCH3 is 1. The van der Waals surface area contributed by atoms with Crippen LogP contribution in [0.2, 0.25) is 0 Å². The highest BCUT2D eigenvalue weighted by Crippen LogP contribution is 2.14. The van der Waals surface area contributed by atoms with Crippen molar-refractivity contribution in [3.8, 4) is 0 Å². The largest absolute Gasteiger partial charge is 0.450 e. The number of amides is 2. The molecule has 7 nitrogen and oxygen atoms in total. The quantitative estimate of drug-likeness (QED) is 0.768. The molecule has 2 aliphatic heterocycles. The molecule has 1 N–H and O–H groups in total. The predicted octanol–water partition coefficient (Wildman–Crippen LogP) is -0.336. The van der Waals surface area contributed by atoms with Gasteiger partial charge in [-0.15, -0.1) is 0 Å². The average molecular weight is 285 g/mol. The van der Waals surface area contributed by atoms with Crippen LogP contribution in [0, 0.1) is 0 Å². The van der Waals surface area contributed by atoms with Gasteiger partial charge in [0.25, 0.3) is 0 Å². The second-order valence-corrected chi connectivity index (χ2v) is 5.07. The lowest BCUT2D eigenvalue weighted by Crippen LogP contribution is -2.54. The summed E-state index contributed by atoms with van der Waals surface area (Å²) in [6.45, 7) is 5.07. The minimum absolute atomic E-state index is 0.105. The first kappa shape index (κ1) is 15.1. The molecule has 2 saturated heterocycles. The van der Waals surface area contributed by atoms with Crippen LogP contribution in [0.25, 0.3) is 0 Å². The van der Waals surface area contributed by atoms with Crippen LogP contribution in [0.4, 0.5) is 4.79 Å². The van der Waals surface area contributed by atoms with E-state index in [-0.39, 0.29) is 24.1 Å². The maximum absolute atomic E-state index is 12.3. The summed E-state index contributed by atoms with van der Waals surface area (Å²) in [5, 5.41) is 3.19. The molecule has 2 atom stereocenters. The molecule has 20 heavy (non-hydrogen) atoms. The van der Waals surface area contributed by atoms with E-state index in [0.717, 1.165) is 6.54 Å². The summed E-state index contributed by atoms with van der Waals surface area (Å²) in [5.41, 5.74) is 0. The highest BCUT2D eigenvalue weighted by Gasteiger charge is 2.34. The number of nitrogens with zero attached hydrogens (tertiary/aromatic N) is 2. The predicted molar refractivity (Wildman–Crippen MR) is 72.4 cm³/mol. The van der Waals surface area contributed by atoms with Gasteiger partial charge in [-0.3, -0.25) is 4.79 Å². The van der Waals surface area contributed by atoms with Crippen LogP contribution in [0.5, 0.6) is 0 Å². The molecular weight excluding hydrogens is 262 g/mol. The molecule has 114 valence electrons. The van der Waals surface area contributed by atoms with Gasteiger partial charge in [-0.05, 0) is 13.3 Å². The van der Waals surface area contributed by atoms with Gasteiger partial charge in [-0.1, -0.05) is 0 Å². The molecule has 0 aromatic heterocycles. The number of nitrogens with one attached hydrogen (secondary N) is 1. The zero-order valence-electron chi connectivity index (χ0n) is 12.1. The standard InChI is InChI=1S/C13H23N3O4/c1-3-20-13(18)16-6-4-15(5-7-16)12(17)11-8-10(19-2)9-14-11/h10-11,14H,3-9H2,1-2H3. The van der Waals surface area contributed by atoms with Gasteiger partial charge in [0.15, 0.2) is 0 Å². The van der Waals surface area contributed by atoms with Gasteiger partial charge in [-0.25, -0.2) is 4.79 Å². The van der Waals surface area contributed by atoms with Crippen molar-refractivity contribution in [2.45, 2.75) is 25.5 Å². The highest BCUT2D eigenvalue weighted by atomic mass is 16.6. The van der Waals surface area contributed by atoms with Gasteiger partial charge in [0.05, 0.1) is 18.8 Å². The Morgan fingerprint density at radius 3 is 2.40 bits per heavy atom. The van der Waals surface area contributed by atoms with Crippen molar-refractivity contribution in [3.63, 3.8) is 0 Å². The summed E-state index contributed by atoms with van der Waals surface area (Å²) in [6.07, 6.45) is 0.538. The van der Waals surface area contributed by atoms with Crippen molar-refractivity contribution in [2.24, 2.45) is 0 Å². The van der Waals surface area contributed by atoms with Gasteiger partial charge in [0, 0.05) is 39.8 Å². The van der Waals surface area contributed by atoms with E-state index in [0.29, 0.717) is 39.2 Å². The number of hydrogen-bond donors (Lipinski definition) is 1. The first-order chi connectivity index (χ1) is 9.65. The van der Waals surface area contributed by atoms with Crippen molar-refractivity contribution in [1.29, 1.82) is 0 Å². The van der Waals surface area contributed by atoms with Gasteiger partial charge < -0.3 is 24.6 Å². The van der Waals surface area contributed by atoms with E-state index in [9.17, 15) is 9.59 Å². The van der Waals surface area contributed by atoms with Crippen LogP contribution in [-0.2, 0) is 14.3 Å². The van der Waals surface area contributed by atoms with Crippen molar-refractivity contribution in [3.05, 3.63) is 0 Å². The second kappa shape index (κ2) is 6.90. The van der Waals surface area contributed by atoms with Gasteiger partial charge in [-0.2, -0.15) is 0 Å². The Hall–Kier alpha value is -1.34. The summed E-state index contributed by atoms with van der Waals surface area (Å²) in [7, 11) is 1.66. The number of hydrogen-bond acceptors (Lipinski definition) is 5. The van der Waals surface area contributed by atoms with E-state index in [2.05, 4.69) is 5.32 Å². The molecule has 0 aliphatic carbocycles. The Balaban J connectivity index is 1.79.